The minimum absolute atomic E-state index is 0.224. The first-order valence-corrected chi connectivity index (χ1v) is 5.01. The molecule has 2 rings (SSSR count). The van der Waals surface area contributed by atoms with Crippen LogP contribution in [0.5, 0.6) is 0 Å². The van der Waals surface area contributed by atoms with Crippen molar-refractivity contribution < 1.29 is 9.18 Å². The van der Waals surface area contributed by atoms with Gasteiger partial charge in [0, 0.05) is 6.42 Å². The molecule has 3 N–H and O–H groups in total. The van der Waals surface area contributed by atoms with Gasteiger partial charge in [-0.2, -0.15) is 0 Å². The molecule has 1 aliphatic rings. The standard InChI is InChI=1S/C11H12FN3O/c12-8-3-1-7(2-4-8)9-5-6-10(13)15(9)11(14)16/h1-4,9,13H,5-6H2,(H2,14,16). The number of hydrogen-bond acceptors (Lipinski definition) is 2. The number of halogens is 1. The van der Waals surface area contributed by atoms with Gasteiger partial charge in [0.2, 0.25) is 0 Å². The number of urea groups is 1. The summed E-state index contributed by atoms with van der Waals surface area (Å²) in [5, 5.41) is 7.61. The topological polar surface area (TPSA) is 70.2 Å². The number of primary amides is 1. The van der Waals surface area contributed by atoms with Gasteiger partial charge < -0.3 is 5.73 Å². The Morgan fingerprint density at radius 3 is 2.62 bits per heavy atom. The second-order valence-corrected chi connectivity index (χ2v) is 3.76. The molecule has 0 saturated carbocycles. The second-order valence-electron chi connectivity index (χ2n) is 3.76. The molecule has 1 saturated heterocycles. The third-order valence-corrected chi connectivity index (χ3v) is 2.75. The molecule has 1 aliphatic heterocycles. The molecule has 1 unspecified atom stereocenters. The molecule has 1 atom stereocenters. The Morgan fingerprint density at radius 2 is 2.06 bits per heavy atom. The van der Waals surface area contributed by atoms with Crippen LogP contribution in [0.4, 0.5) is 9.18 Å². The zero-order chi connectivity index (χ0) is 11.7. The van der Waals surface area contributed by atoms with Crippen molar-refractivity contribution in [3.8, 4) is 0 Å². The number of nitrogens with zero attached hydrogens (tertiary/aromatic N) is 1. The van der Waals surface area contributed by atoms with Crippen molar-refractivity contribution in [1.29, 1.82) is 5.41 Å². The molecule has 4 nitrogen and oxygen atoms in total. The van der Waals surface area contributed by atoms with Crippen molar-refractivity contribution in [2.24, 2.45) is 5.73 Å². The second kappa shape index (κ2) is 3.92. The first kappa shape index (κ1) is 10.6. The Labute approximate surface area is 92.4 Å². The van der Waals surface area contributed by atoms with Crippen LogP contribution < -0.4 is 5.73 Å². The van der Waals surface area contributed by atoms with Crippen LogP contribution in [0, 0.1) is 11.2 Å². The maximum atomic E-state index is 12.8. The summed E-state index contributed by atoms with van der Waals surface area (Å²) >= 11 is 0. The lowest BCUT2D eigenvalue weighted by Crippen LogP contribution is -2.37. The number of benzene rings is 1. The van der Waals surface area contributed by atoms with Gasteiger partial charge in [-0.25, -0.2) is 9.18 Å². The number of rotatable bonds is 1. The van der Waals surface area contributed by atoms with Gasteiger partial charge in [-0.1, -0.05) is 12.1 Å². The third-order valence-electron chi connectivity index (χ3n) is 2.75. The summed E-state index contributed by atoms with van der Waals surface area (Å²) < 4.78 is 12.8. The van der Waals surface area contributed by atoms with Crippen LogP contribution in [0.3, 0.4) is 0 Å². The van der Waals surface area contributed by atoms with E-state index in [9.17, 15) is 9.18 Å². The number of likely N-dealkylation sites (tertiary alicyclic amines) is 1. The lowest BCUT2D eigenvalue weighted by molar-refractivity contribution is 0.221. The Balaban J connectivity index is 2.30. The number of carbonyl (C=O) groups is 1. The average Bonchev–Trinajstić information content (AvgIpc) is 2.61. The molecular weight excluding hydrogens is 209 g/mol. The zero-order valence-electron chi connectivity index (χ0n) is 8.61. The Kier molecular flexibility index (Phi) is 2.60. The van der Waals surface area contributed by atoms with E-state index >= 15 is 0 Å². The van der Waals surface area contributed by atoms with E-state index in [0.717, 1.165) is 5.56 Å². The van der Waals surface area contributed by atoms with E-state index in [1.165, 1.54) is 17.0 Å². The first-order valence-electron chi connectivity index (χ1n) is 5.01. The Morgan fingerprint density at radius 1 is 1.44 bits per heavy atom. The normalized spacial score (nSPS) is 20.2. The molecule has 0 bridgehead atoms. The predicted octanol–water partition coefficient (Wildman–Crippen LogP) is 2.02. The highest BCUT2D eigenvalue weighted by Gasteiger charge is 2.32. The summed E-state index contributed by atoms with van der Waals surface area (Å²) in [5.74, 6) is -0.0933. The third kappa shape index (κ3) is 1.76. The van der Waals surface area contributed by atoms with Crippen molar-refractivity contribution in [3.05, 3.63) is 35.6 Å². The summed E-state index contributed by atoms with van der Waals surface area (Å²) in [7, 11) is 0. The maximum Gasteiger partial charge on any atom is 0.320 e. The smallest absolute Gasteiger partial charge is 0.320 e. The van der Waals surface area contributed by atoms with Gasteiger partial charge >= 0.3 is 6.03 Å². The summed E-state index contributed by atoms with van der Waals surface area (Å²) in [5.41, 5.74) is 6.03. The van der Waals surface area contributed by atoms with Gasteiger partial charge in [0.1, 0.15) is 11.7 Å². The molecule has 1 aromatic rings. The quantitative estimate of drug-likeness (QED) is 0.748. The number of amides is 2. The Hall–Kier alpha value is -1.91. The van der Waals surface area contributed by atoms with Crippen LogP contribution in [0.15, 0.2) is 24.3 Å². The van der Waals surface area contributed by atoms with E-state index in [4.69, 9.17) is 11.1 Å². The fourth-order valence-corrected chi connectivity index (χ4v) is 2.00. The lowest BCUT2D eigenvalue weighted by atomic mass is 10.0. The average molecular weight is 221 g/mol. The van der Waals surface area contributed by atoms with Gasteiger partial charge in [0.25, 0.3) is 0 Å². The number of nitrogens with two attached hydrogens (primary N) is 1. The summed E-state index contributed by atoms with van der Waals surface area (Å²) in [4.78, 5) is 12.5. The van der Waals surface area contributed by atoms with E-state index in [1.54, 1.807) is 12.1 Å². The molecule has 1 fully saturated rings. The highest BCUT2D eigenvalue weighted by atomic mass is 19.1. The van der Waals surface area contributed by atoms with Crippen molar-refractivity contribution in [3.63, 3.8) is 0 Å². The summed E-state index contributed by atoms with van der Waals surface area (Å²) in [6.45, 7) is 0. The SMILES string of the molecule is N=C1CCC(c2ccc(F)cc2)N1C(N)=O. The Bertz CT molecular complexity index is 429. The van der Waals surface area contributed by atoms with Crippen molar-refractivity contribution in [2.45, 2.75) is 18.9 Å². The molecule has 2 amide bonds. The molecule has 0 aliphatic carbocycles. The molecular formula is C11H12FN3O. The lowest BCUT2D eigenvalue weighted by Gasteiger charge is -2.22. The van der Waals surface area contributed by atoms with Gasteiger partial charge in [-0.3, -0.25) is 10.3 Å². The van der Waals surface area contributed by atoms with Gasteiger partial charge in [-0.15, -0.1) is 0 Å². The largest absolute Gasteiger partial charge is 0.351 e. The summed E-state index contributed by atoms with van der Waals surface area (Å²) in [6.07, 6.45) is 1.18. The van der Waals surface area contributed by atoms with Crippen LogP contribution in [-0.4, -0.2) is 16.8 Å². The number of hydrogen-bond donors (Lipinski definition) is 2. The van der Waals surface area contributed by atoms with Crippen molar-refractivity contribution in [2.75, 3.05) is 0 Å². The molecule has 0 aromatic heterocycles. The molecule has 0 radical (unpaired) electrons. The number of carbonyl (C=O) groups excluding carboxylic acids is 1. The van der Waals surface area contributed by atoms with Crippen molar-refractivity contribution in [1.82, 2.24) is 4.90 Å². The molecule has 5 heteroatoms. The van der Waals surface area contributed by atoms with Gasteiger partial charge in [0.15, 0.2) is 0 Å². The fourth-order valence-electron chi connectivity index (χ4n) is 2.00. The zero-order valence-corrected chi connectivity index (χ0v) is 8.61. The van der Waals surface area contributed by atoms with Crippen LogP contribution in [-0.2, 0) is 0 Å². The van der Waals surface area contributed by atoms with E-state index in [0.29, 0.717) is 12.8 Å². The first-order chi connectivity index (χ1) is 7.59. The summed E-state index contributed by atoms with van der Waals surface area (Å²) in [6, 6.07) is 5.07. The van der Waals surface area contributed by atoms with E-state index in [1.807, 2.05) is 0 Å². The molecule has 84 valence electrons. The highest BCUT2D eigenvalue weighted by molar-refractivity contribution is 5.97. The van der Waals surface area contributed by atoms with Gasteiger partial charge in [0.05, 0.1) is 6.04 Å². The molecule has 16 heavy (non-hydrogen) atoms. The predicted molar refractivity (Wildman–Crippen MR) is 57.5 cm³/mol. The monoisotopic (exact) mass is 221 g/mol. The minimum atomic E-state index is -0.628. The van der Waals surface area contributed by atoms with E-state index < -0.39 is 6.03 Å². The number of nitrogens with one attached hydrogen (secondary N) is 1. The molecule has 0 spiro atoms. The van der Waals surface area contributed by atoms with Crippen LogP contribution in [0.25, 0.3) is 0 Å². The van der Waals surface area contributed by atoms with Crippen LogP contribution in [0.1, 0.15) is 24.4 Å². The van der Waals surface area contributed by atoms with E-state index in [2.05, 4.69) is 0 Å². The minimum Gasteiger partial charge on any atom is -0.351 e. The van der Waals surface area contributed by atoms with Crippen LogP contribution in [0.2, 0.25) is 0 Å². The fraction of sp³-hybridized carbons (Fsp3) is 0.273. The van der Waals surface area contributed by atoms with Crippen molar-refractivity contribution >= 4 is 11.9 Å². The maximum absolute atomic E-state index is 12.8. The van der Waals surface area contributed by atoms with Gasteiger partial charge in [-0.05, 0) is 24.1 Å². The molecule has 1 aromatic carbocycles. The highest BCUT2D eigenvalue weighted by Crippen LogP contribution is 2.32. The molecule has 1 heterocycles. The van der Waals surface area contributed by atoms with Crippen LogP contribution >= 0.6 is 0 Å². The number of amidine groups is 1. The van der Waals surface area contributed by atoms with E-state index in [-0.39, 0.29) is 17.7 Å².